The van der Waals surface area contributed by atoms with E-state index in [4.69, 9.17) is 13.6 Å². The Bertz CT molecular complexity index is 692. The predicted octanol–water partition coefficient (Wildman–Crippen LogP) is 6.27. The average molecular weight is 432 g/mol. The summed E-state index contributed by atoms with van der Waals surface area (Å²) in [6, 6.07) is 19.2. The topological polar surface area (TPSA) is 56.8 Å². The lowest BCUT2D eigenvalue weighted by Crippen LogP contribution is -2.15. The Balaban J connectivity index is 1.73. The van der Waals surface area contributed by atoms with Crippen LogP contribution in [0.15, 0.2) is 73.3 Å². The Morgan fingerprint density at radius 1 is 0.767 bits per heavy atom. The molecule has 0 aliphatic heterocycles. The van der Waals surface area contributed by atoms with Gasteiger partial charge in [-0.1, -0.05) is 79.6 Å². The number of phosphoric ester groups is 1. The first-order valence-corrected chi connectivity index (χ1v) is 12.1. The van der Waals surface area contributed by atoms with Crippen molar-refractivity contribution < 1.29 is 18.1 Å². The van der Waals surface area contributed by atoms with Crippen molar-refractivity contribution in [3.8, 4) is 0 Å². The zero-order valence-electron chi connectivity index (χ0n) is 17.7. The van der Waals surface area contributed by atoms with Gasteiger partial charge in [0.2, 0.25) is 0 Å². The van der Waals surface area contributed by atoms with Crippen LogP contribution in [0.3, 0.4) is 0 Å². The second-order valence-electron chi connectivity index (χ2n) is 7.04. The summed E-state index contributed by atoms with van der Waals surface area (Å²) in [5.41, 5.74) is 1.85. The van der Waals surface area contributed by atoms with Gasteiger partial charge in [0.25, 0.3) is 0 Å². The molecule has 0 aliphatic rings. The minimum atomic E-state index is -3.65. The highest BCUT2D eigenvalue weighted by Crippen LogP contribution is 2.51. The van der Waals surface area contributed by atoms with E-state index < -0.39 is 7.82 Å². The Kier molecular flexibility index (Phi) is 12.4. The van der Waals surface area contributed by atoms with Crippen LogP contribution in [-0.2, 0) is 31.4 Å². The zero-order valence-corrected chi connectivity index (χ0v) is 18.6. The molecule has 0 heterocycles. The lowest BCUT2D eigenvalue weighted by atomic mass is 10.2. The van der Waals surface area contributed by atoms with Crippen molar-refractivity contribution in [2.45, 2.75) is 45.3 Å². The van der Waals surface area contributed by atoms with Crippen molar-refractivity contribution in [1.82, 2.24) is 5.32 Å². The van der Waals surface area contributed by atoms with E-state index in [1.807, 2.05) is 66.7 Å². The van der Waals surface area contributed by atoms with Crippen LogP contribution in [0.1, 0.15) is 43.2 Å². The van der Waals surface area contributed by atoms with Crippen LogP contribution in [0.2, 0.25) is 0 Å². The minimum absolute atomic E-state index is 0.184. The molecule has 0 aromatic heterocycles. The van der Waals surface area contributed by atoms with E-state index in [0.29, 0.717) is 6.61 Å². The van der Waals surface area contributed by atoms with Crippen LogP contribution < -0.4 is 5.32 Å². The highest BCUT2D eigenvalue weighted by atomic mass is 31.2. The molecule has 2 aromatic carbocycles. The summed E-state index contributed by atoms with van der Waals surface area (Å²) in [5.74, 6) is 0. The first kappa shape index (κ1) is 24.5. The number of nitrogens with one attached hydrogen (secondary N) is 1. The summed E-state index contributed by atoms with van der Waals surface area (Å²) in [5, 5.41) is 3.38. The molecule has 0 amide bonds. The van der Waals surface area contributed by atoms with Crippen molar-refractivity contribution in [2.75, 3.05) is 19.7 Å². The number of phosphoric acid groups is 1. The molecule has 6 heteroatoms. The highest BCUT2D eigenvalue weighted by molar-refractivity contribution is 7.48. The summed E-state index contributed by atoms with van der Waals surface area (Å²) in [7, 11) is -3.65. The second kappa shape index (κ2) is 15.1. The van der Waals surface area contributed by atoms with Crippen LogP contribution >= 0.6 is 7.82 Å². The number of unbranched alkanes of at least 4 members (excludes halogenated alkanes) is 3. The van der Waals surface area contributed by atoms with Crippen molar-refractivity contribution >= 4 is 7.82 Å². The Labute approximate surface area is 181 Å². The van der Waals surface area contributed by atoms with E-state index >= 15 is 0 Å². The van der Waals surface area contributed by atoms with Crippen LogP contribution in [-0.4, -0.2) is 19.7 Å². The third-order valence-electron chi connectivity index (χ3n) is 4.49. The van der Waals surface area contributed by atoms with Gasteiger partial charge in [-0.25, -0.2) is 4.57 Å². The molecule has 5 nitrogen and oxygen atoms in total. The Morgan fingerprint density at radius 3 is 1.90 bits per heavy atom. The van der Waals surface area contributed by atoms with Crippen molar-refractivity contribution in [3.63, 3.8) is 0 Å². The van der Waals surface area contributed by atoms with E-state index in [0.717, 1.165) is 56.3 Å². The summed E-state index contributed by atoms with van der Waals surface area (Å²) >= 11 is 0. The van der Waals surface area contributed by atoms with Gasteiger partial charge in [0.15, 0.2) is 0 Å². The fourth-order valence-electron chi connectivity index (χ4n) is 2.78. The summed E-state index contributed by atoms with van der Waals surface area (Å²) < 4.78 is 30.0. The van der Waals surface area contributed by atoms with E-state index in [2.05, 4.69) is 11.9 Å². The van der Waals surface area contributed by atoms with Gasteiger partial charge in [0.05, 0.1) is 19.8 Å². The third kappa shape index (κ3) is 10.9. The molecule has 0 saturated carbocycles. The summed E-state index contributed by atoms with van der Waals surface area (Å²) in [6.45, 7) is 6.42. The molecule has 2 aromatic rings. The molecule has 0 radical (unpaired) electrons. The van der Waals surface area contributed by atoms with Gasteiger partial charge in [-0.3, -0.25) is 13.6 Å². The molecule has 0 aliphatic carbocycles. The molecule has 1 N–H and O–H groups in total. The minimum Gasteiger partial charge on any atom is -0.316 e. The lowest BCUT2D eigenvalue weighted by Gasteiger charge is -2.18. The summed E-state index contributed by atoms with van der Waals surface area (Å²) in [6.07, 6.45) is 6.96. The fourth-order valence-corrected chi connectivity index (χ4v) is 3.97. The number of rotatable bonds is 17. The second-order valence-corrected chi connectivity index (χ2v) is 8.71. The maximum atomic E-state index is 13.1. The summed E-state index contributed by atoms with van der Waals surface area (Å²) in [4.78, 5) is 0. The fraction of sp³-hybridized carbons (Fsp3) is 0.417. The maximum absolute atomic E-state index is 13.1. The smallest absolute Gasteiger partial charge is 0.316 e. The molecule has 0 unspecified atom stereocenters. The van der Waals surface area contributed by atoms with Crippen molar-refractivity contribution in [1.29, 1.82) is 0 Å². The zero-order chi connectivity index (χ0) is 21.3. The maximum Gasteiger partial charge on any atom is 0.475 e. The van der Waals surface area contributed by atoms with Crippen LogP contribution in [0, 0.1) is 0 Å². The Morgan fingerprint density at radius 2 is 1.33 bits per heavy atom. The first-order valence-electron chi connectivity index (χ1n) is 10.6. The molecular formula is C24H34NO4P. The number of hydrogen-bond acceptors (Lipinski definition) is 5. The van der Waals surface area contributed by atoms with Crippen LogP contribution in [0.25, 0.3) is 0 Å². The SMILES string of the molecule is C=CCCNCCCCCCOP(=O)(OCc1ccccc1)OCc1ccccc1. The van der Waals surface area contributed by atoms with Crippen molar-refractivity contribution in [3.05, 3.63) is 84.4 Å². The average Bonchev–Trinajstić information content (AvgIpc) is 2.79. The molecule has 0 atom stereocenters. The number of hydrogen-bond donors (Lipinski definition) is 1. The highest BCUT2D eigenvalue weighted by Gasteiger charge is 2.26. The quantitative estimate of drug-likeness (QED) is 0.182. The number of benzene rings is 2. The largest absolute Gasteiger partial charge is 0.475 e. The van der Waals surface area contributed by atoms with E-state index in [9.17, 15) is 4.57 Å². The molecule has 0 spiro atoms. The van der Waals surface area contributed by atoms with Gasteiger partial charge in [-0.05, 0) is 43.5 Å². The van der Waals surface area contributed by atoms with Gasteiger partial charge in [-0.15, -0.1) is 6.58 Å². The molecule has 0 fully saturated rings. The molecule has 2 rings (SSSR count). The van der Waals surface area contributed by atoms with Crippen LogP contribution in [0.5, 0.6) is 0 Å². The standard InChI is InChI=1S/C24H34NO4P/c1-2-3-18-25-19-12-4-5-13-20-27-30(26,28-21-23-14-8-6-9-15-23)29-22-24-16-10-7-11-17-24/h2,6-11,14-17,25H,1,3-5,12-13,18-22H2. The lowest BCUT2D eigenvalue weighted by molar-refractivity contribution is 0.101. The normalized spacial score (nSPS) is 11.5. The Hall–Kier alpha value is -1.75. The van der Waals surface area contributed by atoms with Gasteiger partial charge in [0, 0.05) is 0 Å². The van der Waals surface area contributed by atoms with Crippen molar-refractivity contribution in [2.24, 2.45) is 0 Å². The molecule has 0 saturated heterocycles. The van der Waals surface area contributed by atoms with Gasteiger partial charge in [-0.2, -0.15) is 0 Å². The van der Waals surface area contributed by atoms with E-state index in [1.54, 1.807) is 0 Å². The van der Waals surface area contributed by atoms with Gasteiger partial charge >= 0.3 is 7.82 Å². The van der Waals surface area contributed by atoms with E-state index in [-0.39, 0.29) is 13.2 Å². The molecule has 0 bridgehead atoms. The molecular weight excluding hydrogens is 397 g/mol. The monoisotopic (exact) mass is 431 g/mol. The van der Waals surface area contributed by atoms with Gasteiger partial charge in [0.1, 0.15) is 0 Å². The first-order chi connectivity index (χ1) is 14.7. The predicted molar refractivity (Wildman–Crippen MR) is 122 cm³/mol. The third-order valence-corrected chi connectivity index (χ3v) is 5.88. The van der Waals surface area contributed by atoms with Crippen LogP contribution in [0.4, 0.5) is 0 Å². The molecule has 30 heavy (non-hydrogen) atoms. The van der Waals surface area contributed by atoms with E-state index in [1.165, 1.54) is 0 Å². The van der Waals surface area contributed by atoms with Gasteiger partial charge < -0.3 is 5.32 Å². The molecule has 164 valence electrons.